The van der Waals surface area contributed by atoms with E-state index in [2.05, 4.69) is 21.8 Å². The van der Waals surface area contributed by atoms with Gasteiger partial charge in [-0.1, -0.05) is 17.4 Å². The summed E-state index contributed by atoms with van der Waals surface area (Å²) in [5.74, 6) is 0. The van der Waals surface area contributed by atoms with Crippen molar-refractivity contribution in [3.8, 4) is 0 Å². The average molecular weight is 154 g/mol. The second-order valence-electron chi connectivity index (χ2n) is 2.37. The van der Waals surface area contributed by atoms with Crippen LogP contribution in [0.1, 0.15) is 20.3 Å². The molecule has 11 heavy (non-hydrogen) atoms. The van der Waals surface area contributed by atoms with Crippen molar-refractivity contribution in [1.29, 1.82) is 0 Å². The number of nitrogens with zero attached hydrogens (tertiary/aromatic N) is 3. The molecule has 0 radical (unpaired) electrons. The summed E-state index contributed by atoms with van der Waals surface area (Å²) in [4.78, 5) is 0. The highest BCUT2D eigenvalue weighted by Crippen LogP contribution is 2.05. The molecule has 4 heteroatoms. The van der Waals surface area contributed by atoms with E-state index in [9.17, 15) is 0 Å². The van der Waals surface area contributed by atoms with E-state index in [4.69, 9.17) is 0 Å². The largest absolute Gasteiger partial charge is 0.210 e. The quantitative estimate of drug-likeness (QED) is 0.625. The molecule has 0 saturated heterocycles. The van der Waals surface area contributed by atoms with Gasteiger partial charge in [0.1, 0.15) is 6.17 Å². The second-order valence-corrected chi connectivity index (χ2v) is 2.37. The molecule has 1 aliphatic rings. The molecule has 0 aromatic rings. The molecule has 1 heterocycles. The minimum absolute atomic E-state index is 0.145. The van der Waals surface area contributed by atoms with Crippen LogP contribution in [0.3, 0.4) is 0 Å². The summed E-state index contributed by atoms with van der Waals surface area (Å²) >= 11 is 0. The summed E-state index contributed by atoms with van der Waals surface area (Å²) in [5.41, 5.74) is 3.12. The van der Waals surface area contributed by atoms with Crippen molar-refractivity contribution in [2.24, 2.45) is 10.3 Å². The maximum Gasteiger partial charge on any atom is 0.144 e. The van der Waals surface area contributed by atoms with Crippen molar-refractivity contribution in [2.45, 2.75) is 26.4 Å². The van der Waals surface area contributed by atoms with Crippen LogP contribution in [0.15, 0.2) is 22.5 Å². The van der Waals surface area contributed by atoms with Gasteiger partial charge in [-0.05, 0) is 13.8 Å². The molecule has 0 spiro atoms. The van der Waals surface area contributed by atoms with Crippen LogP contribution in [0.25, 0.3) is 0 Å². The number of hydrogen-bond acceptors (Lipinski definition) is 4. The lowest BCUT2D eigenvalue weighted by molar-refractivity contribution is 0.221. The van der Waals surface area contributed by atoms with E-state index < -0.39 is 0 Å². The minimum Gasteiger partial charge on any atom is -0.210 e. The number of nitrogens with one attached hydrogen (secondary N) is 1. The van der Waals surface area contributed by atoms with Gasteiger partial charge in [-0.15, -0.1) is 5.11 Å². The smallest absolute Gasteiger partial charge is 0.144 e. The predicted octanol–water partition coefficient (Wildman–Crippen LogP) is 1.49. The third kappa shape index (κ3) is 2.31. The zero-order chi connectivity index (χ0) is 8.10. The van der Waals surface area contributed by atoms with Gasteiger partial charge in [-0.25, -0.2) is 5.12 Å². The van der Waals surface area contributed by atoms with Gasteiger partial charge in [0, 0.05) is 6.42 Å². The molecule has 0 aliphatic carbocycles. The molecule has 0 amide bonds. The number of allylic oxidation sites excluding steroid dienone is 1. The number of hydrazine groups is 1. The topological polar surface area (TPSA) is 40.0 Å². The van der Waals surface area contributed by atoms with Crippen LogP contribution >= 0.6 is 0 Å². The minimum atomic E-state index is 0.145. The standard InChI is InChI=1S/C7H14N4/c1-3-5-6-7-8-10-11(4-2)9-7/h3,5,7,9H,4,6H2,1-2H3/b5-3-. The van der Waals surface area contributed by atoms with E-state index in [1.165, 1.54) is 0 Å². The Balaban J connectivity index is 2.26. The lowest BCUT2D eigenvalue weighted by Crippen LogP contribution is -2.34. The molecule has 0 aromatic heterocycles. The van der Waals surface area contributed by atoms with Gasteiger partial charge in [0.25, 0.3) is 0 Å². The van der Waals surface area contributed by atoms with Crippen molar-refractivity contribution in [2.75, 3.05) is 6.54 Å². The Morgan fingerprint density at radius 2 is 2.45 bits per heavy atom. The Labute approximate surface area is 66.9 Å². The Bertz CT molecular complexity index is 164. The molecule has 4 nitrogen and oxygen atoms in total. The summed E-state index contributed by atoms with van der Waals surface area (Å²) in [6, 6.07) is 0. The molecule has 1 N–H and O–H groups in total. The Kier molecular flexibility index (Phi) is 3.04. The second kappa shape index (κ2) is 4.08. The summed E-state index contributed by atoms with van der Waals surface area (Å²) in [6.45, 7) is 4.89. The summed E-state index contributed by atoms with van der Waals surface area (Å²) in [7, 11) is 0. The molecular weight excluding hydrogens is 140 g/mol. The highest BCUT2D eigenvalue weighted by Gasteiger charge is 2.13. The maximum absolute atomic E-state index is 4.01. The number of hydrogen-bond donors (Lipinski definition) is 1. The van der Waals surface area contributed by atoms with Crippen LogP contribution in [0.5, 0.6) is 0 Å². The van der Waals surface area contributed by atoms with E-state index in [-0.39, 0.29) is 6.17 Å². The summed E-state index contributed by atoms with van der Waals surface area (Å²) in [5, 5.41) is 9.66. The van der Waals surface area contributed by atoms with Crippen LogP contribution in [-0.4, -0.2) is 17.8 Å². The van der Waals surface area contributed by atoms with Crippen LogP contribution in [-0.2, 0) is 0 Å². The van der Waals surface area contributed by atoms with Gasteiger partial charge in [-0.3, -0.25) is 0 Å². The molecule has 1 rings (SSSR count). The monoisotopic (exact) mass is 154 g/mol. The van der Waals surface area contributed by atoms with Gasteiger partial charge in [0.05, 0.1) is 6.54 Å². The van der Waals surface area contributed by atoms with E-state index >= 15 is 0 Å². The summed E-state index contributed by atoms with van der Waals surface area (Å²) < 4.78 is 0. The Morgan fingerprint density at radius 1 is 1.64 bits per heavy atom. The van der Waals surface area contributed by atoms with E-state index in [0.717, 1.165) is 13.0 Å². The molecule has 0 saturated carbocycles. The lowest BCUT2D eigenvalue weighted by atomic mass is 10.3. The van der Waals surface area contributed by atoms with Crippen LogP contribution < -0.4 is 5.43 Å². The van der Waals surface area contributed by atoms with Crippen molar-refractivity contribution >= 4 is 0 Å². The van der Waals surface area contributed by atoms with Crippen LogP contribution in [0.2, 0.25) is 0 Å². The average Bonchev–Trinajstić information content (AvgIpc) is 2.48. The van der Waals surface area contributed by atoms with Gasteiger partial charge < -0.3 is 0 Å². The van der Waals surface area contributed by atoms with E-state index in [0.29, 0.717) is 0 Å². The van der Waals surface area contributed by atoms with Gasteiger partial charge in [0.15, 0.2) is 0 Å². The fourth-order valence-electron chi connectivity index (χ4n) is 0.868. The Hall–Kier alpha value is -0.900. The molecule has 1 atom stereocenters. The van der Waals surface area contributed by atoms with Crippen molar-refractivity contribution in [1.82, 2.24) is 10.5 Å². The van der Waals surface area contributed by atoms with Crippen LogP contribution in [0.4, 0.5) is 0 Å². The molecular formula is C7H14N4. The SMILES string of the molecule is C/C=C\CC1N=NN(CC)N1. The first kappa shape index (κ1) is 8.20. The van der Waals surface area contributed by atoms with Crippen molar-refractivity contribution in [3.63, 3.8) is 0 Å². The van der Waals surface area contributed by atoms with Crippen molar-refractivity contribution < 1.29 is 0 Å². The van der Waals surface area contributed by atoms with E-state index in [1.807, 2.05) is 19.9 Å². The first-order valence-electron chi connectivity index (χ1n) is 3.92. The first-order valence-corrected chi connectivity index (χ1v) is 3.92. The van der Waals surface area contributed by atoms with Gasteiger partial charge in [0.2, 0.25) is 0 Å². The molecule has 1 aliphatic heterocycles. The zero-order valence-electron chi connectivity index (χ0n) is 6.99. The molecule has 62 valence electrons. The fraction of sp³-hybridized carbons (Fsp3) is 0.714. The highest BCUT2D eigenvalue weighted by atomic mass is 15.8. The molecule has 0 fully saturated rings. The third-order valence-corrected chi connectivity index (χ3v) is 1.49. The molecule has 1 unspecified atom stereocenters. The first-order chi connectivity index (χ1) is 5.36. The maximum atomic E-state index is 4.01. The van der Waals surface area contributed by atoms with Crippen LogP contribution in [0, 0.1) is 0 Å². The van der Waals surface area contributed by atoms with E-state index in [1.54, 1.807) is 5.12 Å². The van der Waals surface area contributed by atoms with Gasteiger partial charge in [-0.2, -0.15) is 5.43 Å². The highest BCUT2D eigenvalue weighted by molar-refractivity contribution is 4.82. The molecule has 0 bridgehead atoms. The number of rotatable bonds is 3. The third-order valence-electron chi connectivity index (χ3n) is 1.49. The summed E-state index contributed by atoms with van der Waals surface area (Å²) in [6.07, 6.45) is 5.16. The zero-order valence-corrected chi connectivity index (χ0v) is 6.99. The normalized spacial score (nSPS) is 23.8. The Morgan fingerprint density at radius 3 is 3.00 bits per heavy atom. The lowest BCUT2D eigenvalue weighted by Gasteiger charge is -2.10. The van der Waals surface area contributed by atoms with Crippen molar-refractivity contribution in [3.05, 3.63) is 12.2 Å². The molecule has 0 aromatic carbocycles. The predicted molar refractivity (Wildman–Crippen MR) is 43.6 cm³/mol. The fourth-order valence-corrected chi connectivity index (χ4v) is 0.868. The van der Waals surface area contributed by atoms with Gasteiger partial charge >= 0.3 is 0 Å².